The first-order valence-electron chi connectivity index (χ1n) is 10.8. The number of pyridine rings is 2. The number of carbonyl (C=O) groups is 1. The van der Waals surface area contributed by atoms with E-state index in [4.69, 9.17) is 0 Å². The second-order valence-corrected chi connectivity index (χ2v) is 9.83. The van der Waals surface area contributed by atoms with Gasteiger partial charge in [0.25, 0.3) is 5.91 Å². The Morgan fingerprint density at radius 1 is 0.944 bits per heavy atom. The second-order valence-electron chi connectivity index (χ2n) is 7.93. The summed E-state index contributed by atoms with van der Waals surface area (Å²) in [5.41, 5.74) is 2.35. The van der Waals surface area contributed by atoms with Crippen LogP contribution in [0, 0.1) is 11.6 Å². The number of benzene rings is 2. The molecule has 0 spiro atoms. The number of imidazole rings is 1. The predicted molar refractivity (Wildman–Crippen MR) is 128 cm³/mol. The normalized spacial score (nSPS) is 11.5. The third-order valence-corrected chi connectivity index (χ3v) is 7.22. The Bertz CT molecular complexity index is 1700. The van der Waals surface area contributed by atoms with Gasteiger partial charge in [0.05, 0.1) is 16.2 Å². The van der Waals surface area contributed by atoms with Crippen molar-refractivity contribution < 1.29 is 22.0 Å². The van der Waals surface area contributed by atoms with Crippen molar-refractivity contribution in [3.05, 3.63) is 114 Å². The molecule has 36 heavy (non-hydrogen) atoms. The minimum absolute atomic E-state index is 0.0121. The molecule has 180 valence electrons. The van der Waals surface area contributed by atoms with Crippen LogP contribution in [0.3, 0.4) is 0 Å². The molecular formula is C26H18F2N4O3S. The Labute approximate surface area is 205 Å². The van der Waals surface area contributed by atoms with Gasteiger partial charge in [-0.05, 0) is 60.2 Å². The van der Waals surface area contributed by atoms with Crippen LogP contribution in [0.5, 0.6) is 0 Å². The van der Waals surface area contributed by atoms with E-state index < -0.39 is 21.5 Å². The van der Waals surface area contributed by atoms with Gasteiger partial charge in [0.2, 0.25) is 9.84 Å². The lowest BCUT2D eigenvalue weighted by atomic mass is 10.1. The lowest BCUT2D eigenvalue weighted by Crippen LogP contribution is -2.23. The van der Waals surface area contributed by atoms with Crippen molar-refractivity contribution in [2.24, 2.45) is 0 Å². The van der Waals surface area contributed by atoms with Gasteiger partial charge in [-0.3, -0.25) is 4.79 Å². The summed E-state index contributed by atoms with van der Waals surface area (Å²) in [6.45, 7) is 0.199. The van der Waals surface area contributed by atoms with Crippen molar-refractivity contribution in [1.82, 2.24) is 19.7 Å². The topological polar surface area (TPSA) is 93.4 Å². The molecule has 0 unspecified atom stereocenters. The molecule has 5 aromatic rings. The van der Waals surface area contributed by atoms with E-state index in [1.807, 2.05) is 0 Å². The van der Waals surface area contributed by atoms with Gasteiger partial charge < -0.3 is 9.72 Å². The van der Waals surface area contributed by atoms with Gasteiger partial charge in [-0.15, -0.1) is 0 Å². The van der Waals surface area contributed by atoms with Crippen LogP contribution >= 0.6 is 0 Å². The van der Waals surface area contributed by atoms with Gasteiger partial charge in [0.15, 0.2) is 16.7 Å². The molecule has 10 heteroatoms. The Morgan fingerprint density at radius 3 is 2.53 bits per heavy atom. The molecular weight excluding hydrogens is 486 g/mol. The molecule has 0 saturated heterocycles. The Morgan fingerprint density at radius 2 is 1.75 bits per heavy atom. The van der Waals surface area contributed by atoms with Gasteiger partial charge >= 0.3 is 0 Å². The minimum Gasteiger partial charge on any atom is -0.348 e. The van der Waals surface area contributed by atoms with Crippen LogP contribution in [0.4, 0.5) is 8.78 Å². The van der Waals surface area contributed by atoms with Crippen LogP contribution in [0.1, 0.15) is 15.9 Å². The number of rotatable bonds is 6. The van der Waals surface area contributed by atoms with E-state index in [1.54, 1.807) is 47.3 Å². The van der Waals surface area contributed by atoms with Gasteiger partial charge in [0.1, 0.15) is 5.65 Å². The highest BCUT2D eigenvalue weighted by Gasteiger charge is 2.20. The van der Waals surface area contributed by atoms with Crippen LogP contribution < -0.4 is 5.32 Å². The maximum atomic E-state index is 13.6. The van der Waals surface area contributed by atoms with Crippen molar-refractivity contribution in [1.29, 1.82) is 0 Å². The highest BCUT2D eigenvalue weighted by molar-refractivity contribution is 7.91. The van der Waals surface area contributed by atoms with Crippen molar-refractivity contribution in [2.45, 2.75) is 16.5 Å². The van der Waals surface area contributed by atoms with Gasteiger partial charge in [-0.25, -0.2) is 27.2 Å². The fourth-order valence-electron chi connectivity index (χ4n) is 3.63. The summed E-state index contributed by atoms with van der Waals surface area (Å²) < 4.78 is 54.8. The van der Waals surface area contributed by atoms with Crippen LogP contribution in [0.15, 0.2) is 101 Å². The minimum atomic E-state index is -3.97. The number of nitrogens with one attached hydrogen (secondary N) is 1. The zero-order valence-electron chi connectivity index (χ0n) is 18.6. The molecule has 0 aliphatic rings. The number of hydrogen-bond acceptors (Lipinski definition) is 5. The summed E-state index contributed by atoms with van der Waals surface area (Å²) in [6.07, 6.45) is 5.06. The first-order valence-corrected chi connectivity index (χ1v) is 12.3. The Balaban J connectivity index is 1.31. The van der Waals surface area contributed by atoms with Crippen molar-refractivity contribution >= 4 is 21.4 Å². The van der Waals surface area contributed by atoms with Crippen molar-refractivity contribution in [3.8, 4) is 11.3 Å². The van der Waals surface area contributed by atoms with E-state index in [0.717, 1.165) is 17.8 Å². The Kier molecular flexibility index (Phi) is 6.03. The summed E-state index contributed by atoms with van der Waals surface area (Å²) in [7, 11) is -3.97. The third kappa shape index (κ3) is 4.58. The number of fused-ring (bicyclic) bond motifs is 1. The van der Waals surface area contributed by atoms with Gasteiger partial charge in [0, 0.05) is 30.7 Å². The SMILES string of the molecule is O=C(NCc1ccc(S(=O)(=O)c2cccc(-c3ccc(F)c(F)c3)n2)cc1)c1ccc2nccn2c1. The number of hydrogen-bond donors (Lipinski definition) is 1. The molecule has 7 nitrogen and oxygen atoms in total. The number of aromatic nitrogens is 3. The summed E-state index contributed by atoms with van der Waals surface area (Å²) >= 11 is 0. The molecule has 5 rings (SSSR count). The number of halogens is 2. The zero-order chi connectivity index (χ0) is 25.3. The lowest BCUT2D eigenvalue weighted by Gasteiger charge is -2.09. The molecule has 0 saturated carbocycles. The van der Waals surface area contributed by atoms with Gasteiger partial charge in [-0.1, -0.05) is 18.2 Å². The van der Waals surface area contributed by atoms with Crippen molar-refractivity contribution in [2.75, 3.05) is 0 Å². The monoisotopic (exact) mass is 504 g/mol. The summed E-state index contributed by atoms with van der Waals surface area (Å²) in [5, 5.41) is 2.58. The van der Waals surface area contributed by atoms with Crippen molar-refractivity contribution in [3.63, 3.8) is 0 Å². The molecule has 1 amide bonds. The molecule has 0 fully saturated rings. The summed E-state index contributed by atoms with van der Waals surface area (Å²) in [4.78, 5) is 20.8. The van der Waals surface area contributed by atoms with E-state index in [-0.39, 0.29) is 33.6 Å². The van der Waals surface area contributed by atoms with E-state index in [9.17, 15) is 22.0 Å². The van der Waals surface area contributed by atoms with E-state index >= 15 is 0 Å². The standard InChI is InChI=1S/C26H18F2N4O3S/c27-21-10-6-18(14-22(21)28)23-2-1-3-25(31-23)36(34,35)20-8-4-17(5-9-20)15-30-26(33)19-7-11-24-29-12-13-32(24)16-19/h1-14,16H,15H2,(H,30,33). The van der Waals surface area contributed by atoms with Crippen LogP contribution in [0.25, 0.3) is 16.9 Å². The third-order valence-electron chi connectivity index (χ3n) is 5.55. The maximum absolute atomic E-state index is 13.6. The number of carbonyl (C=O) groups excluding carboxylic acids is 1. The number of nitrogens with zero attached hydrogens (tertiary/aromatic N) is 3. The molecule has 2 aromatic carbocycles. The molecule has 0 aliphatic carbocycles. The first-order chi connectivity index (χ1) is 17.3. The largest absolute Gasteiger partial charge is 0.348 e. The highest BCUT2D eigenvalue weighted by atomic mass is 32.2. The summed E-state index contributed by atoms with van der Waals surface area (Å²) in [6, 6.07) is 17.1. The Hall–Kier alpha value is -4.44. The van der Waals surface area contributed by atoms with E-state index in [2.05, 4.69) is 15.3 Å². The molecule has 3 aromatic heterocycles. The second kappa shape index (κ2) is 9.31. The van der Waals surface area contributed by atoms with E-state index in [1.165, 1.54) is 36.4 Å². The maximum Gasteiger partial charge on any atom is 0.253 e. The highest BCUT2D eigenvalue weighted by Crippen LogP contribution is 2.24. The fourth-order valence-corrected chi connectivity index (χ4v) is 4.84. The molecule has 0 bridgehead atoms. The molecule has 0 radical (unpaired) electrons. The average Bonchev–Trinajstić information content (AvgIpc) is 3.37. The lowest BCUT2D eigenvalue weighted by molar-refractivity contribution is 0.0950. The van der Waals surface area contributed by atoms with Crippen LogP contribution in [0.2, 0.25) is 0 Å². The van der Waals surface area contributed by atoms with E-state index in [0.29, 0.717) is 11.1 Å². The molecule has 3 heterocycles. The van der Waals surface area contributed by atoms with Crippen LogP contribution in [-0.4, -0.2) is 28.7 Å². The zero-order valence-corrected chi connectivity index (χ0v) is 19.4. The van der Waals surface area contributed by atoms with Gasteiger partial charge in [-0.2, -0.15) is 0 Å². The number of sulfone groups is 1. The average molecular weight is 505 g/mol. The first kappa shape index (κ1) is 23.3. The predicted octanol–water partition coefficient (Wildman–Crippen LogP) is 4.44. The quantitative estimate of drug-likeness (QED) is 0.369. The molecule has 1 N–H and O–H groups in total. The fraction of sp³-hybridized carbons (Fsp3) is 0.0385. The van der Waals surface area contributed by atoms with Crippen LogP contribution in [-0.2, 0) is 16.4 Å². The molecule has 0 aliphatic heterocycles. The number of amides is 1. The molecule has 0 atom stereocenters. The summed E-state index contributed by atoms with van der Waals surface area (Å²) in [5.74, 6) is -2.33. The smallest absolute Gasteiger partial charge is 0.253 e.